The molecule has 0 bridgehead atoms. The van der Waals surface area contributed by atoms with E-state index in [-0.39, 0.29) is 0 Å². The van der Waals surface area contributed by atoms with E-state index in [9.17, 15) is 0 Å². The Labute approximate surface area is 93.7 Å². The number of hydrogen-bond acceptors (Lipinski definition) is 2. The molecule has 2 atom stereocenters. The van der Waals surface area contributed by atoms with Crippen molar-refractivity contribution in [2.45, 2.75) is 33.1 Å². The molecule has 2 aliphatic rings. The van der Waals surface area contributed by atoms with Crippen LogP contribution in [0.5, 0.6) is 0 Å². The van der Waals surface area contributed by atoms with E-state index in [2.05, 4.69) is 31.4 Å². The lowest BCUT2D eigenvalue weighted by Crippen LogP contribution is -2.42. The molecule has 2 rings (SSSR count). The first-order valence-corrected chi connectivity index (χ1v) is 6.60. The summed E-state index contributed by atoms with van der Waals surface area (Å²) in [6.07, 6.45) is 4.25. The second kappa shape index (κ2) is 4.05. The number of nitrogens with zero attached hydrogens (tertiary/aromatic N) is 1. The molecule has 2 fully saturated rings. The molecule has 1 aliphatic carbocycles. The zero-order chi connectivity index (χ0) is 10.2. The molecule has 2 unspecified atom stereocenters. The molecule has 0 N–H and O–H groups in total. The second-order valence-electron chi connectivity index (χ2n) is 5.80. The summed E-state index contributed by atoms with van der Waals surface area (Å²) in [5.41, 5.74) is 0.611. The first-order valence-electron chi connectivity index (χ1n) is 5.97. The van der Waals surface area contributed by atoms with Crippen molar-refractivity contribution in [1.82, 2.24) is 4.90 Å². The monoisotopic (exact) mass is 213 g/mol. The van der Waals surface area contributed by atoms with Crippen LogP contribution in [0.2, 0.25) is 0 Å². The average molecular weight is 213 g/mol. The minimum Gasteiger partial charge on any atom is -0.302 e. The average Bonchev–Trinajstić information content (AvgIpc) is 2.83. The maximum Gasteiger partial charge on any atom is 0.00460 e. The van der Waals surface area contributed by atoms with Crippen LogP contribution in [-0.2, 0) is 0 Å². The Morgan fingerprint density at radius 2 is 1.79 bits per heavy atom. The van der Waals surface area contributed by atoms with Crippen molar-refractivity contribution in [3.63, 3.8) is 0 Å². The smallest absolute Gasteiger partial charge is 0.00460 e. The molecule has 1 heterocycles. The van der Waals surface area contributed by atoms with Gasteiger partial charge in [0.2, 0.25) is 0 Å². The van der Waals surface area contributed by atoms with Crippen molar-refractivity contribution in [1.29, 1.82) is 0 Å². The van der Waals surface area contributed by atoms with E-state index in [1.54, 1.807) is 0 Å². The third kappa shape index (κ3) is 2.46. The summed E-state index contributed by atoms with van der Waals surface area (Å²) in [4.78, 5) is 2.68. The van der Waals surface area contributed by atoms with Crippen LogP contribution in [-0.4, -0.2) is 30.3 Å². The molecule has 14 heavy (non-hydrogen) atoms. The van der Waals surface area contributed by atoms with Crippen LogP contribution in [0.4, 0.5) is 0 Å². The molecule has 1 saturated heterocycles. The molecule has 82 valence electrons. The van der Waals surface area contributed by atoms with Crippen LogP contribution >= 0.6 is 12.6 Å². The van der Waals surface area contributed by atoms with Gasteiger partial charge in [-0.2, -0.15) is 12.6 Å². The topological polar surface area (TPSA) is 3.24 Å². The summed E-state index contributed by atoms with van der Waals surface area (Å²) in [5.74, 6) is 2.88. The van der Waals surface area contributed by atoms with Gasteiger partial charge in [-0.3, -0.25) is 0 Å². The van der Waals surface area contributed by atoms with Gasteiger partial charge in [-0.1, -0.05) is 13.8 Å². The summed E-state index contributed by atoms with van der Waals surface area (Å²) < 4.78 is 0. The third-order valence-corrected chi connectivity index (χ3v) is 4.47. The van der Waals surface area contributed by atoms with Gasteiger partial charge < -0.3 is 4.90 Å². The molecular formula is C12H23NS. The SMILES string of the molecule is CC1CC(C)CN(CC2(CS)CC2)C1. The minimum atomic E-state index is 0.611. The molecule has 0 radical (unpaired) electrons. The van der Waals surface area contributed by atoms with E-state index >= 15 is 0 Å². The zero-order valence-electron chi connectivity index (χ0n) is 9.50. The predicted octanol–water partition coefficient (Wildman–Crippen LogP) is 2.67. The highest BCUT2D eigenvalue weighted by atomic mass is 32.1. The Balaban J connectivity index is 1.85. The summed E-state index contributed by atoms with van der Waals surface area (Å²) in [5, 5.41) is 0. The largest absolute Gasteiger partial charge is 0.302 e. The van der Waals surface area contributed by atoms with Crippen LogP contribution in [0.3, 0.4) is 0 Å². The van der Waals surface area contributed by atoms with Gasteiger partial charge in [-0.15, -0.1) is 0 Å². The highest BCUT2D eigenvalue weighted by Gasteiger charge is 2.43. The van der Waals surface area contributed by atoms with E-state index < -0.39 is 0 Å². The molecule has 2 heteroatoms. The lowest BCUT2D eigenvalue weighted by molar-refractivity contribution is 0.121. The molecule has 1 nitrogen and oxygen atoms in total. The van der Waals surface area contributed by atoms with Crippen molar-refractivity contribution in [3.8, 4) is 0 Å². The standard InChI is InChI=1S/C12H23NS/c1-10-5-11(2)7-13(6-10)8-12(9-14)3-4-12/h10-11,14H,3-9H2,1-2H3. The highest BCUT2D eigenvalue weighted by molar-refractivity contribution is 7.80. The number of hydrogen-bond donors (Lipinski definition) is 1. The van der Waals surface area contributed by atoms with E-state index in [0.29, 0.717) is 5.41 Å². The van der Waals surface area contributed by atoms with Crippen LogP contribution in [0.1, 0.15) is 33.1 Å². The van der Waals surface area contributed by atoms with Crippen LogP contribution in [0.25, 0.3) is 0 Å². The lowest BCUT2D eigenvalue weighted by Gasteiger charge is -2.37. The normalized spacial score (nSPS) is 37.1. The first kappa shape index (κ1) is 10.8. The van der Waals surface area contributed by atoms with Gasteiger partial charge in [0.1, 0.15) is 0 Å². The maximum absolute atomic E-state index is 4.48. The molecule has 1 saturated carbocycles. The van der Waals surface area contributed by atoms with Crippen molar-refractivity contribution in [3.05, 3.63) is 0 Å². The van der Waals surface area contributed by atoms with Crippen LogP contribution in [0.15, 0.2) is 0 Å². The van der Waals surface area contributed by atoms with Gasteiger partial charge in [0.15, 0.2) is 0 Å². The molecule has 0 amide bonds. The van der Waals surface area contributed by atoms with Crippen LogP contribution < -0.4 is 0 Å². The fraction of sp³-hybridized carbons (Fsp3) is 1.00. The molecule has 0 aromatic carbocycles. The van der Waals surface area contributed by atoms with Crippen LogP contribution in [0, 0.1) is 17.3 Å². The number of piperidine rings is 1. The Kier molecular flexibility index (Phi) is 3.13. The Hall–Kier alpha value is 0.310. The summed E-state index contributed by atoms with van der Waals surface area (Å²) in [6.45, 7) is 8.73. The fourth-order valence-corrected chi connectivity index (χ4v) is 3.35. The highest BCUT2D eigenvalue weighted by Crippen LogP contribution is 2.47. The van der Waals surface area contributed by atoms with E-state index in [1.165, 1.54) is 38.9 Å². The van der Waals surface area contributed by atoms with Gasteiger partial charge >= 0.3 is 0 Å². The third-order valence-electron chi connectivity index (χ3n) is 3.80. The Bertz CT molecular complexity index is 190. The van der Waals surface area contributed by atoms with E-state index in [0.717, 1.165) is 17.6 Å². The van der Waals surface area contributed by atoms with Gasteiger partial charge in [0.05, 0.1) is 0 Å². The van der Waals surface area contributed by atoms with Crippen molar-refractivity contribution >= 4 is 12.6 Å². The van der Waals surface area contributed by atoms with E-state index in [1.807, 2.05) is 0 Å². The van der Waals surface area contributed by atoms with Crippen molar-refractivity contribution < 1.29 is 0 Å². The quantitative estimate of drug-likeness (QED) is 0.706. The van der Waals surface area contributed by atoms with Gasteiger partial charge in [0, 0.05) is 19.6 Å². The number of rotatable bonds is 3. The molecule has 0 aromatic rings. The summed E-state index contributed by atoms with van der Waals surface area (Å²) in [7, 11) is 0. The number of likely N-dealkylation sites (tertiary alicyclic amines) is 1. The van der Waals surface area contributed by atoms with E-state index in [4.69, 9.17) is 0 Å². The van der Waals surface area contributed by atoms with Gasteiger partial charge in [0.25, 0.3) is 0 Å². The van der Waals surface area contributed by atoms with Gasteiger partial charge in [-0.05, 0) is 42.3 Å². The Morgan fingerprint density at radius 3 is 2.21 bits per heavy atom. The van der Waals surface area contributed by atoms with Crippen molar-refractivity contribution in [2.75, 3.05) is 25.4 Å². The first-order chi connectivity index (χ1) is 6.63. The van der Waals surface area contributed by atoms with Gasteiger partial charge in [-0.25, -0.2) is 0 Å². The predicted molar refractivity (Wildman–Crippen MR) is 64.9 cm³/mol. The maximum atomic E-state index is 4.48. The second-order valence-corrected chi connectivity index (χ2v) is 6.11. The Morgan fingerprint density at radius 1 is 1.21 bits per heavy atom. The molecule has 0 spiro atoms. The number of thiol groups is 1. The fourth-order valence-electron chi connectivity index (χ4n) is 2.94. The van der Waals surface area contributed by atoms with Crippen molar-refractivity contribution in [2.24, 2.45) is 17.3 Å². The summed E-state index contributed by atoms with van der Waals surface area (Å²) >= 11 is 4.48. The lowest BCUT2D eigenvalue weighted by atomic mass is 9.91. The molecular weight excluding hydrogens is 190 g/mol. The summed E-state index contributed by atoms with van der Waals surface area (Å²) in [6, 6.07) is 0. The minimum absolute atomic E-state index is 0.611. The molecule has 0 aromatic heterocycles. The molecule has 1 aliphatic heterocycles. The zero-order valence-corrected chi connectivity index (χ0v) is 10.4.